The first-order valence-corrected chi connectivity index (χ1v) is 11.5. The van der Waals surface area contributed by atoms with Gasteiger partial charge in [0.25, 0.3) is 0 Å². The van der Waals surface area contributed by atoms with E-state index in [2.05, 4.69) is 31.6 Å². The van der Waals surface area contributed by atoms with E-state index < -0.39 is 10.0 Å². The smallest absolute Gasteiger partial charge is 0.238 e. The highest BCUT2D eigenvalue weighted by Crippen LogP contribution is 2.25. The third-order valence-corrected chi connectivity index (χ3v) is 6.46. The number of hydrogen-bond donors (Lipinski definition) is 3. The molecule has 1 heterocycles. The fourth-order valence-electron chi connectivity index (χ4n) is 3.40. The molecule has 1 atom stereocenters. The van der Waals surface area contributed by atoms with Crippen LogP contribution in [-0.2, 0) is 10.0 Å². The Hall–Kier alpha value is -1.58. The van der Waals surface area contributed by atoms with Crippen LogP contribution in [0.15, 0.2) is 44.5 Å². The summed E-state index contributed by atoms with van der Waals surface area (Å²) in [6.07, 6.45) is 9.03. The third-order valence-electron chi connectivity index (χ3n) is 4.95. The van der Waals surface area contributed by atoms with E-state index in [4.69, 9.17) is 5.14 Å². The van der Waals surface area contributed by atoms with Crippen LogP contribution >= 0.6 is 15.9 Å². The van der Waals surface area contributed by atoms with Gasteiger partial charge in [-0.3, -0.25) is 0 Å². The number of sulfonamides is 1. The Balaban J connectivity index is 1.68. The molecule has 9 heteroatoms. The second kappa shape index (κ2) is 8.62. The van der Waals surface area contributed by atoms with Crippen LogP contribution in [0.1, 0.15) is 38.5 Å². The van der Waals surface area contributed by atoms with Gasteiger partial charge < -0.3 is 15.5 Å². The van der Waals surface area contributed by atoms with Crippen LogP contribution in [-0.4, -0.2) is 38.9 Å². The minimum atomic E-state index is -3.69. The number of aliphatic imine (C=N–C) groups is 1. The van der Waals surface area contributed by atoms with Crippen LogP contribution in [0, 0.1) is 0 Å². The topological polar surface area (TPSA) is 99.8 Å². The molecular weight excluding hydrogens is 430 g/mol. The van der Waals surface area contributed by atoms with Crippen LogP contribution < -0.4 is 15.8 Å². The van der Waals surface area contributed by atoms with Crippen molar-refractivity contribution < 1.29 is 8.42 Å². The lowest BCUT2D eigenvalue weighted by Crippen LogP contribution is -2.45. The number of nitrogens with two attached hydrogens (primary N) is 1. The number of benzene rings is 1. The highest BCUT2D eigenvalue weighted by molar-refractivity contribution is 9.12. The molecule has 7 nitrogen and oxygen atoms in total. The summed E-state index contributed by atoms with van der Waals surface area (Å²) >= 11 is 3.60. The summed E-state index contributed by atoms with van der Waals surface area (Å²) in [5, 5.41) is 12.1. The highest BCUT2D eigenvalue weighted by Gasteiger charge is 2.24. The second-order valence-corrected chi connectivity index (χ2v) is 9.42. The maximum atomic E-state index is 11.4. The molecule has 2 aliphatic rings. The first-order chi connectivity index (χ1) is 12.8. The van der Waals surface area contributed by atoms with Crippen LogP contribution in [0.5, 0.6) is 0 Å². The molecule has 1 aliphatic heterocycles. The molecule has 0 radical (unpaired) electrons. The zero-order valence-corrected chi connectivity index (χ0v) is 17.8. The van der Waals surface area contributed by atoms with Crippen LogP contribution in [0.25, 0.3) is 0 Å². The van der Waals surface area contributed by atoms with Crippen LogP contribution in [0.2, 0.25) is 0 Å². The lowest BCUT2D eigenvalue weighted by molar-refractivity contribution is 0.295. The molecule has 0 aromatic heterocycles. The zero-order chi connectivity index (χ0) is 19.4. The lowest BCUT2D eigenvalue weighted by Gasteiger charge is -2.35. The summed E-state index contributed by atoms with van der Waals surface area (Å²) < 4.78 is 23.7. The monoisotopic (exact) mass is 455 g/mol. The second-order valence-electron chi connectivity index (χ2n) is 7.01. The van der Waals surface area contributed by atoms with Crippen LogP contribution in [0.4, 0.5) is 5.69 Å². The van der Waals surface area contributed by atoms with E-state index in [9.17, 15) is 8.42 Å². The number of allylic oxidation sites excluding steroid dienone is 1. The quantitative estimate of drug-likeness (QED) is 0.592. The minimum absolute atomic E-state index is 0.0897. The average molecular weight is 456 g/mol. The zero-order valence-electron chi connectivity index (χ0n) is 15.4. The van der Waals surface area contributed by atoms with Crippen molar-refractivity contribution in [2.75, 3.05) is 12.4 Å². The fourth-order valence-corrected chi connectivity index (χ4v) is 4.43. The van der Waals surface area contributed by atoms with Gasteiger partial charge in [-0.15, -0.1) is 0 Å². The molecular formula is C18H26BrN5O2S. The number of halogens is 1. The highest BCUT2D eigenvalue weighted by atomic mass is 79.9. The Morgan fingerprint density at radius 3 is 2.33 bits per heavy atom. The van der Waals surface area contributed by atoms with E-state index >= 15 is 0 Å². The van der Waals surface area contributed by atoms with Crippen molar-refractivity contribution in [3.8, 4) is 0 Å². The molecule has 1 unspecified atom stereocenters. The fraction of sp³-hybridized carbons (Fsp3) is 0.500. The maximum Gasteiger partial charge on any atom is 0.238 e. The van der Waals surface area contributed by atoms with Crippen molar-refractivity contribution in [2.24, 2.45) is 10.1 Å². The standard InChI is InChI=1S/C18H26BrN5O2S/c1-24-17(22-13-6-4-2-3-5-7-13)16(19)12-21-18(24)23-14-8-10-15(11-9-14)27(20,25)26/h8-13,18,22-23H,2-7H2,1H3,(H2,20,25,26). The lowest BCUT2D eigenvalue weighted by atomic mass is 10.1. The molecule has 1 aromatic rings. The SMILES string of the molecule is CN1C(NC2CCCCCC2)=C(Br)C=NC1Nc1ccc(S(N)(=O)=O)cc1. The molecule has 1 fully saturated rings. The van der Waals surface area contributed by atoms with E-state index in [0.29, 0.717) is 6.04 Å². The summed E-state index contributed by atoms with van der Waals surface area (Å²) in [4.78, 5) is 6.66. The maximum absolute atomic E-state index is 11.4. The van der Waals surface area contributed by atoms with Crippen molar-refractivity contribution in [2.45, 2.75) is 55.8 Å². The summed E-state index contributed by atoms with van der Waals surface area (Å²) in [5.74, 6) is 1.01. The largest absolute Gasteiger partial charge is 0.368 e. The Morgan fingerprint density at radius 1 is 1.11 bits per heavy atom. The molecule has 0 bridgehead atoms. The Morgan fingerprint density at radius 2 is 1.74 bits per heavy atom. The van der Waals surface area contributed by atoms with Crippen molar-refractivity contribution >= 4 is 37.9 Å². The number of nitrogens with zero attached hydrogens (tertiary/aromatic N) is 2. The predicted molar refractivity (Wildman–Crippen MR) is 112 cm³/mol. The first kappa shape index (κ1) is 20.2. The van der Waals surface area contributed by atoms with Gasteiger partial charge in [-0.2, -0.15) is 0 Å². The van der Waals surface area contributed by atoms with Gasteiger partial charge in [-0.25, -0.2) is 18.5 Å². The molecule has 0 saturated heterocycles. The molecule has 1 aliphatic carbocycles. The number of anilines is 1. The van der Waals surface area contributed by atoms with Crippen molar-refractivity contribution in [1.29, 1.82) is 0 Å². The predicted octanol–water partition coefficient (Wildman–Crippen LogP) is 2.92. The summed E-state index contributed by atoms with van der Waals surface area (Å²) in [6, 6.07) is 6.82. The molecule has 4 N–H and O–H groups in total. The normalized spacial score (nSPS) is 21.9. The Kier molecular flexibility index (Phi) is 6.44. The van der Waals surface area contributed by atoms with Crippen molar-refractivity contribution in [1.82, 2.24) is 10.2 Å². The van der Waals surface area contributed by atoms with E-state index in [0.717, 1.165) is 16.0 Å². The van der Waals surface area contributed by atoms with Gasteiger partial charge in [0, 0.05) is 25.0 Å². The summed E-state index contributed by atoms with van der Waals surface area (Å²) in [7, 11) is -1.71. The van der Waals surface area contributed by atoms with Crippen molar-refractivity contribution in [3.05, 3.63) is 34.6 Å². The molecule has 148 valence electrons. The number of nitrogens with one attached hydrogen (secondary N) is 2. The van der Waals surface area contributed by atoms with Gasteiger partial charge in [-0.1, -0.05) is 25.7 Å². The van der Waals surface area contributed by atoms with Gasteiger partial charge >= 0.3 is 0 Å². The number of hydrogen-bond acceptors (Lipinski definition) is 6. The average Bonchev–Trinajstić information content (AvgIpc) is 2.89. The molecule has 1 saturated carbocycles. The van der Waals surface area contributed by atoms with E-state index in [1.807, 2.05) is 11.9 Å². The molecule has 27 heavy (non-hydrogen) atoms. The first-order valence-electron chi connectivity index (χ1n) is 9.16. The van der Waals surface area contributed by atoms with E-state index in [1.54, 1.807) is 18.3 Å². The minimum Gasteiger partial charge on any atom is -0.368 e. The van der Waals surface area contributed by atoms with Gasteiger partial charge in [0.15, 0.2) is 6.29 Å². The van der Waals surface area contributed by atoms with Gasteiger partial charge in [-0.05, 0) is 53.0 Å². The molecule has 0 amide bonds. The molecule has 0 spiro atoms. The summed E-state index contributed by atoms with van der Waals surface area (Å²) in [5.41, 5.74) is 0.767. The summed E-state index contributed by atoms with van der Waals surface area (Å²) in [6.45, 7) is 0. The molecule has 1 aromatic carbocycles. The Bertz CT molecular complexity index is 815. The molecule has 3 rings (SSSR count). The van der Waals surface area contributed by atoms with Gasteiger partial charge in [0.1, 0.15) is 5.82 Å². The van der Waals surface area contributed by atoms with Gasteiger partial charge in [0.05, 0.1) is 9.38 Å². The van der Waals surface area contributed by atoms with Crippen LogP contribution in [0.3, 0.4) is 0 Å². The number of primary sulfonamides is 1. The van der Waals surface area contributed by atoms with Crippen molar-refractivity contribution in [3.63, 3.8) is 0 Å². The third kappa shape index (κ3) is 5.24. The van der Waals surface area contributed by atoms with E-state index in [-0.39, 0.29) is 11.2 Å². The van der Waals surface area contributed by atoms with E-state index in [1.165, 1.54) is 50.7 Å². The number of rotatable bonds is 5. The van der Waals surface area contributed by atoms with Gasteiger partial charge in [0.2, 0.25) is 10.0 Å². The Labute approximate surface area is 169 Å².